The summed E-state index contributed by atoms with van der Waals surface area (Å²) in [5.41, 5.74) is 1.02. The van der Waals surface area contributed by atoms with Gasteiger partial charge in [0.25, 0.3) is 0 Å². The maximum absolute atomic E-state index is 9.79. The summed E-state index contributed by atoms with van der Waals surface area (Å²) in [5.74, 6) is 0. The highest BCUT2D eigenvalue weighted by molar-refractivity contribution is 5.85. The van der Waals surface area contributed by atoms with E-state index >= 15 is 0 Å². The zero-order chi connectivity index (χ0) is 13.7. The van der Waals surface area contributed by atoms with E-state index in [1.165, 1.54) is 10.8 Å². The summed E-state index contributed by atoms with van der Waals surface area (Å²) in [6.45, 7) is 4.77. The van der Waals surface area contributed by atoms with Crippen molar-refractivity contribution in [3.8, 4) is 0 Å². The van der Waals surface area contributed by atoms with Crippen LogP contribution in [0, 0.1) is 0 Å². The second-order valence-electron chi connectivity index (χ2n) is 4.98. The zero-order valence-electron chi connectivity index (χ0n) is 11.5. The lowest BCUT2D eigenvalue weighted by atomic mass is 10.1. The second kappa shape index (κ2) is 6.55. The molecule has 102 valence electrons. The van der Waals surface area contributed by atoms with Crippen LogP contribution in [0.1, 0.15) is 13.8 Å². The highest BCUT2D eigenvalue weighted by Gasteiger charge is 2.05. The summed E-state index contributed by atoms with van der Waals surface area (Å²) in [5, 5.41) is 15.4. The Morgan fingerprint density at radius 2 is 1.84 bits per heavy atom. The van der Waals surface area contributed by atoms with Crippen molar-refractivity contribution in [3.63, 3.8) is 0 Å². The third kappa shape index (κ3) is 4.23. The fourth-order valence-corrected chi connectivity index (χ4v) is 1.90. The summed E-state index contributed by atoms with van der Waals surface area (Å²) in [6, 6.07) is 14.4. The second-order valence-corrected chi connectivity index (χ2v) is 4.98. The molecule has 0 amide bonds. The van der Waals surface area contributed by atoms with Crippen LogP contribution in [0.25, 0.3) is 10.8 Å². The van der Waals surface area contributed by atoms with Crippen LogP contribution >= 0.6 is 0 Å². The molecule has 1 unspecified atom stereocenters. The molecule has 2 aromatic carbocycles. The van der Waals surface area contributed by atoms with Gasteiger partial charge in [-0.1, -0.05) is 30.3 Å². The summed E-state index contributed by atoms with van der Waals surface area (Å²) < 4.78 is 5.37. The molecule has 0 spiro atoms. The predicted octanol–water partition coefficient (Wildman–Crippen LogP) is 3.04. The van der Waals surface area contributed by atoms with Gasteiger partial charge in [0.1, 0.15) is 0 Å². The SMILES string of the molecule is CC(C)OCC(O)CNc1ccc2ccccc2c1. The molecular weight excluding hydrogens is 238 g/mol. The van der Waals surface area contributed by atoms with Gasteiger partial charge < -0.3 is 15.2 Å². The Balaban J connectivity index is 1.90. The lowest BCUT2D eigenvalue weighted by Gasteiger charge is -2.15. The first kappa shape index (κ1) is 13.8. The number of nitrogens with one attached hydrogen (secondary N) is 1. The summed E-state index contributed by atoms with van der Waals surface area (Å²) >= 11 is 0. The van der Waals surface area contributed by atoms with Crippen LogP contribution in [0.2, 0.25) is 0 Å². The number of ether oxygens (including phenoxy) is 1. The van der Waals surface area contributed by atoms with Crippen molar-refractivity contribution in [1.82, 2.24) is 0 Å². The van der Waals surface area contributed by atoms with Crippen LogP contribution in [-0.2, 0) is 4.74 Å². The number of fused-ring (bicyclic) bond motifs is 1. The van der Waals surface area contributed by atoms with Crippen molar-refractivity contribution < 1.29 is 9.84 Å². The van der Waals surface area contributed by atoms with Crippen LogP contribution in [0.3, 0.4) is 0 Å². The molecule has 3 heteroatoms. The normalized spacial score (nSPS) is 12.8. The van der Waals surface area contributed by atoms with Crippen molar-refractivity contribution >= 4 is 16.5 Å². The largest absolute Gasteiger partial charge is 0.389 e. The van der Waals surface area contributed by atoms with Gasteiger partial charge in [0.05, 0.1) is 18.8 Å². The molecule has 0 aromatic heterocycles. The molecule has 0 radical (unpaired) electrons. The molecule has 2 rings (SSSR count). The van der Waals surface area contributed by atoms with Gasteiger partial charge in [0.15, 0.2) is 0 Å². The van der Waals surface area contributed by atoms with Crippen LogP contribution in [0.15, 0.2) is 42.5 Å². The molecule has 0 saturated carbocycles. The number of anilines is 1. The molecule has 0 aliphatic rings. The fourth-order valence-electron chi connectivity index (χ4n) is 1.90. The van der Waals surface area contributed by atoms with Crippen molar-refractivity contribution in [2.45, 2.75) is 26.1 Å². The van der Waals surface area contributed by atoms with Gasteiger partial charge >= 0.3 is 0 Å². The molecule has 0 bridgehead atoms. The van der Waals surface area contributed by atoms with Gasteiger partial charge in [-0.05, 0) is 36.8 Å². The summed E-state index contributed by atoms with van der Waals surface area (Å²) in [6.07, 6.45) is -0.343. The van der Waals surface area contributed by atoms with E-state index in [2.05, 4.69) is 29.6 Å². The van der Waals surface area contributed by atoms with Gasteiger partial charge in [-0.3, -0.25) is 0 Å². The van der Waals surface area contributed by atoms with Crippen molar-refractivity contribution in [3.05, 3.63) is 42.5 Å². The Kier molecular flexibility index (Phi) is 4.77. The van der Waals surface area contributed by atoms with Crippen LogP contribution < -0.4 is 5.32 Å². The maximum Gasteiger partial charge on any atom is 0.0945 e. The van der Waals surface area contributed by atoms with Crippen molar-refractivity contribution in [1.29, 1.82) is 0 Å². The molecule has 2 aromatic rings. The number of hydrogen-bond donors (Lipinski definition) is 2. The van der Waals surface area contributed by atoms with Crippen LogP contribution in [-0.4, -0.2) is 30.5 Å². The molecule has 19 heavy (non-hydrogen) atoms. The Labute approximate surface area is 114 Å². The standard InChI is InChI=1S/C16H21NO2/c1-12(2)19-11-16(18)10-17-15-8-7-13-5-3-4-6-14(13)9-15/h3-9,12,16-18H,10-11H2,1-2H3. The Morgan fingerprint density at radius 3 is 2.58 bits per heavy atom. The van der Waals surface area contributed by atoms with Crippen LogP contribution in [0.5, 0.6) is 0 Å². The first-order valence-corrected chi connectivity index (χ1v) is 6.67. The van der Waals surface area contributed by atoms with E-state index in [0.29, 0.717) is 13.2 Å². The molecule has 0 aliphatic carbocycles. The lowest BCUT2D eigenvalue weighted by molar-refractivity contribution is 0.0112. The molecule has 2 N–H and O–H groups in total. The topological polar surface area (TPSA) is 41.5 Å². The third-order valence-electron chi connectivity index (χ3n) is 2.91. The van der Waals surface area contributed by atoms with E-state index in [1.54, 1.807) is 0 Å². The monoisotopic (exact) mass is 259 g/mol. The van der Waals surface area contributed by atoms with Crippen LogP contribution in [0.4, 0.5) is 5.69 Å². The number of aliphatic hydroxyl groups excluding tert-OH is 1. The third-order valence-corrected chi connectivity index (χ3v) is 2.91. The van der Waals surface area contributed by atoms with E-state index in [0.717, 1.165) is 5.69 Å². The molecule has 0 saturated heterocycles. The van der Waals surface area contributed by atoms with Gasteiger partial charge in [0, 0.05) is 12.2 Å². The van der Waals surface area contributed by atoms with E-state index in [9.17, 15) is 5.11 Å². The smallest absolute Gasteiger partial charge is 0.0945 e. The quantitative estimate of drug-likeness (QED) is 0.838. The molecular formula is C16H21NO2. The first-order chi connectivity index (χ1) is 9.15. The van der Waals surface area contributed by atoms with Gasteiger partial charge in [0.2, 0.25) is 0 Å². The Morgan fingerprint density at radius 1 is 1.11 bits per heavy atom. The first-order valence-electron chi connectivity index (χ1n) is 6.67. The lowest BCUT2D eigenvalue weighted by Crippen LogP contribution is -2.26. The Bertz CT molecular complexity index is 525. The summed E-state index contributed by atoms with van der Waals surface area (Å²) in [7, 11) is 0. The Hall–Kier alpha value is -1.58. The number of aliphatic hydroxyl groups is 1. The minimum atomic E-state index is -0.492. The highest BCUT2D eigenvalue weighted by Crippen LogP contribution is 2.18. The minimum Gasteiger partial charge on any atom is -0.389 e. The fraction of sp³-hybridized carbons (Fsp3) is 0.375. The van der Waals surface area contributed by atoms with Crippen molar-refractivity contribution in [2.75, 3.05) is 18.5 Å². The summed E-state index contributed by atoms with van der Waals surface area (Å²) in [4.78, 5) is 0. The minimum absolute atomic E-state index is 0.148. The average molecular weight is 259 g/mol. The van der Waals surface area contributed by atoms with E-state index in [4.69, 9.17) is 4.74 Å². The van der Waals surface area contributed by atoms with Gasteiger partial charge in [-0.15, -0.1) is 0 Å². The molecule has 3 nitrogen and oxygen atoms in total. The average Bonchev–Trinajstić information content (AvgIpc) is 2.42. The molecule has 0 heterocycles. The van der Waals surface area contributed by atoms with Gasteiger partial charge in [-0.25, -0.2) is 0 Å². The van der Waals surface area contributed by atoms with E-state index < -0.39 is 6.10 Å². The highest BCUT2D eigenvalue weighted by atomic mass is 16.5. The van der Waals surface area contributed by atoms with Gasteiger partial charge in [-0.2, -0.15) is 0 Å². The van der Waals surface area contributed by atoms with Crippen molar-refractivity contribution in [2.24, 2.45) is 0 Å². The van der Waals surface area contributed by atoms with E-state index in [1.807, 2.05) is 32.0 Å². The van der Waals surface area contributed by atoms with E-state index in [-0.39, 0.29) is 6.10 Å². The maximum atomic E-state index is 9.79. The zero-order valence-corrected chi connectivity index (χ0v) is 11.5. The predicted molar refractivity (Wildman–Crippen MR) is 79.5 cm³/mol. The number of hydrogen-bond acceptors (Lipinski definition) is 3. The molecule has 1 atom stereocenters. The molecule has 0 aliphatic heterocycles. The number of benzene rings is 2. The number of rotatable bonds is 6. The molecule has 0 fully saturated rings.